The average molecular weight is 418 g/mol. The fourth-order valence-electron chi connectivity index (χ4n) is 5.47. The second kappa shape index (κ2) is 8.69. The molecule has 1 aromatic heterocycles. The van der Waals surface area contributed by atoms with E-state index in [1.165, 1.54) is 0 Å². The van der Waals surface area contributed by atoms with E-state index in [0.717, 1.165) is 30.6 Å². The number of aromatic nitrogens is 1. The van der Waals surface area contributed by atoms with Crippen molar-refractivity contribution in [3.63, 3.8) is 0 Å². The third kappa shape index (κ3) is 4.00. The molecule has 0 aliphatic carbocycles. The highest BCUT2D eigenvalue weighted by Crippen LogP contribution is 2.35. The molecule has 1 aromatic rings. The van der Waals surface area contributed by atoms with Crippen molar-refractivity contribution in [3.8, 4) is 0 Å². The van der Waals surface area contributed by atoms with Crippen molar-refractivity contribution in [1.82, 2.24) is 24.6 Å². The van der Waals surface area contributed by atoms with Crippen LogP contribution < -0.4 is 10.9 Å². The minimum absolute atomic E-state index is 0.000794. The number of amides is 2. The van der Waals surface area contributed by atoms with Gasteiger partial charge in [0.1, 0.15) is 0 Å². The van der Waals surface area contributed by atoms with Crippen LogP contribution >= 0.6 is 0 Å². The lowest BCUT2D eigenvalue weighted by atomic mass is 9.83. The first kappa shape index (κ1) is 21.3. The zero-order chi connectivity index (χ0) is 21.4. The number of carbonyl (C=O) groups excluding carboxylic acids is 1. The van der Waals surface area contributed by atoms with Gasteiger partial charge in [-0.25, -0.2) is 4.79 Å². The number of fused-ring (bicyclic) bond motifs is 4. The van der Waals surface area contributed by atoms with Crippen molar-refractivity contribution in [3.05, 3.63) is 33.7 Å². The van der Waals surface area contributed by atoms with Gasteiger partial charge in [0.25, 0.3) is 5.56 Å². The summed E-state index contributed by atoms with van der Waals surface area (Å²) in [5, 5.41) is 12.7. The summed E-state index contributed by atoms with van der Waals surface area (Å²) in [7, 11) is 4.14. The number of pyridine rings is 1. The number of likely N-dealkylation sites (tertiary alicyclic amines) is 2. The number of likely N-dealkylation sites (N-methyl/N-ethyl adjacent to an activating group) is 1. The Balaban J connectivity index is 1.53. The van der Waals surface area contributed by atoms with Crippen molar-refractivity contribution in [2.45, 2.75) is 50.9 Å². The molecule has 166 valence electrons. The van der Waals surface area contributed by atoms with Gasteiger partial charge in [-0.3, -0.25) is 9.69 Å². The normalized spacial score (nSPS) is 28.6. The molecule has 2 amide bonds. The largest absolute Gasteiger partial charge is 0.395 e. The Morgan fingerprint density at radius 1 is 1.20 bits per heavy atom. The summed E-state index contributed by atoms with van der Waals surface area (Å²) in [5.74, 6) is 0.541. The van der Waals surface area contributed by atoms with Crippen LogP contribution in [0.4, 0.5) is 4.79 Å². The van der Waals surface area contributed by atoms with E-state index in [9.17, 15) is 14.7 Å². The van der Waals surface area contributed by atoms with E-state index in [2.05, 4.69) is 35.3 Å². The predicted molar refractivity (Wildman–Crippen MR) is 116 cm³/mol. The molecular weight excluding hydrogens is 382 g/mol. The van der Waals surface area contributed by atoms with E-state index in [-0.39, 0.29) is 30.2 Å². The Bertz CT molecular complexity index is 839. The molecule has 0 saturated carbocycles. The van der Waals surface area contributed by atoms with Crippen LogP contribution in [0.25, 0.3) is 0 Å². The van der Waals surface area contributed by atoms with Crippen LogP contribution in [0.3, 0.4) is 0 Å². The second-order valence-corrected chi connectivity index (χ2v) is 9.36. The van der Waals surface area contributed by atoms with Crippen molar-refractivity contribution in [2.75, 3.05) is 46.9 Å². The van der Waals surface area contributed by atoms with Gasteiger partial charge in [-0.15, -0.1) is 0 Å². The number of aliphatic hydroxyl groups is 1. The van der Waals surface area contributed by atoms with Crippen molar-refractivity contribution in [2.24, 2.45) is 5.92 Å². The molecule has 8 nitrogen and oxygen atoms in total. The van der Waals surface area contributed by atoms with Crippen molar-refractivity contribution in [1.29, 1.82) is 0 Å². The van der Waals surface area contributed by atoms with Gasteiger partial charge in [-0.1, -0.05) is 6.07 Å². The molecule has 2 N–H and O–H groups in total. The standard InChI is InChI=1S/C22H35N5O3/c1-4-23-22(30)26-9-15-7-17(12-26)20-6-5-16(21(29)27(20)10-15)11-25-13-18(24(2)3)8-19(25)14-28/h5-6,15,17-19,28H,4,7-14H2,1-3H3,(H,23,30)/t15-,17+,18-,19-/m0/s1. The third-order valence-electron chi connectivity index (χ3n) is 7.12. The first-order chi connectivity index (χ1) is 14.4. The molecule has 30 heavy (non-hydrogen) atoms. The lowest BCUT2D eigenvalue weighted by Crippen LogP contribution is -2.52. The Labute approximate surface area is 178 Å². The number of nitrogens with one attached hydrogen (secondary N) is 1. The van der Waals surface area contributed by atoms with Gasteiger partial charge >= 0.3 is 6.03 Å². The molecule has 2 fully saturated rings. The minimum Gasteiger partial charge on any atom is -0.395 e. The summed E-state index contributed by atoms with van der Waals surface area (Å²) < 4.78 is 1.96. The van der Waals surface area contributed by atoms with E-state index in [1.807, 2.05) is 22.5 Å². The highest BCUT2D eigenvalue weighted by Gasteiger charge is 2.37. The van der Waals surface area contributed by atoms with E-state index >= 15 is 0 Å². The van der Waals surface area contributed by atoms with E-state index in [1.54, 1.807) is 0 Å². The van der Waals surface area contributed by atoms with Crippen LogP contribution in [0, 0.1) is 5.92 Å². The summed E-state index contributed by atoms with van der Waals surface area (Å²) in [6, 6.07) is 4.56. The molecule has 3 aliphatic rings. The maximum Gasteiger partial charge on any atom is 0.317 e. The van der Waals surface area contributed by atoms with Crippen LogP contribution in [0.1, 0.15) is 36.9 Å². The molecule has 2 bridgehead atoms. The molecule has 3 aliphatic heterocycles. The smallest absolute Gasteiger partial charge is 0.317 e. The molecule has 0 radical (unpaired) electrons. The number of aliphatic hydroxyl groups excluding tert-OH is 1. The van der Waals surface area contributed by atoms with Gasteiger partial charge < -0.3 is 24.8 Å². The Kier molecular flexibility index (Phi) is 6.18. The Morgan fingerprint density at radius 3 is 2.70 bits per heavy atom. The molecule has 2 saturated heterocycles. The van der Waals surface area contributed by atoms with Crippen molar-refractivity contribution >= 4 is 6.03 Å². The summed E-state index contributed by atoms with van der Waals surface area (Å²) in [5.41, 5.74) is 1.95. The van der Waals surface area contributed by atoms with Gasteiger partial charge in [-0.05, 0) is 45.8 Å². The number of rotatable bonds is 5. The molecular formula is C22H35N5O3. The Hall–Kier alpha value is -1.90. The molecule has 0 unspecified atom stereocenters. The summed E-state index contributed by atoms with van der Waals surface area (Å²) in [4.78, 5) is 32.0. The molecule has 8 heteroatoms. The minimum atomic E-state index is -0.000794. The van der Waals surface area contributed by atoms with Crippen molar-refractivity contribution < 1.29 is 9.90 Å². The lowest BCUT2D eigenvalue weighted by Gasteiger charge is -2.42. The maximum atomic E-state index is 13.3. The molecule has 0 aromatic carbocycles. The molecule has 4 atom stereocenters. The molecule has 0 spiro atoms. The Morgan fingerprint density at radius 2 is 2.00 bits per heavy atom. The number of hydrogen-bond acceptors (Lipinski definition) is 5. The molecule has 4 rings (SSSR count). The first-order valence-electron chi connectivity index (χ1n) is 11.2. The second-order valence-electron chi connectivity index (χ2n) is 9.36. The van der Waals surface area contributed by atoms with E-state index < -0.39 is 0 Å². The van der Waals surface area contributed by atoms with Crippen LogP contribution in [0.15, 0.2) is 16.9 Å². The quantitative estimate of drug-likeness (QED) is 0.729. The zero-order valence-corrected chi connectivity index (χ0v) is 18.4. The monoisotopic (exact) mass is 417 g/mol. The third-order valence-corrected chi connectivity index (χ3v) is 7.12. The zero-order valence-electron chi connectivity index (χ0n) is 18.4. The van der Waals surface area contributed by atoms with Gasteiger partial charge in [0.2, 0.25) is 0 Å². The van der Waals surface area contributed by atoms with E-state index in [4.69, 9.17) is 0 Å². The maximum absolute atomic E-state index is 13.3. The summed E-state index contributed by atoms with van der Waals surface area (Å²) in [6.07, 6.45) is 1.97. The first-order valence-corrected chi connectivity index (χ1v) is 11.2. The fraction of sp³-hybridized carbons (Fsp3) is 0.727. The number of carbonyl (C=O) groups is 1. The van der Waals surface area contributed by atoms with Crippen LogP contribution in [-0.2, 0) is 13.1 Å². The van der Waals surface area contributed by atoms with Gasteiger partial charge in [0, 0.05) is 68.5 Å². The highest BCUT2D eigenvalue weighted by atomic mass is 16.3. The van der Waals surface area contributed by atoms with Gasteiger partial charge in [-0.2, -0.15) is 0 Å². The summed E-state index contributed by atoms with van der Waals surface area (Å²) in [6.45, 7) is 6.19. The van der Waals surface area contributed by atoms with Crippen LogP contribution in [-0.4, -0.2) is 89.4 Å². The topological polar surface area (TPSA) is 81.1 Å². The SMILES string of the molecule is CCNC(=O)N1C[C@@H]2C[C@H](C1)c1ccc(CN3C[C@@H](N(C)C)C[C@H]3CO)c(=O)n1C2. The van der Waals surface area contributed by atoms with E-state index in [0.29, 0.717) is 44.7 Å². The number of hydrogen-bond donors (Lipinski definition) is 2. The number of piperidine rings is 1. The van der Waals surface area contributed by atoms with Gasteiger partial charge in [0.05, 0.1) is 6.61 Å². The highest BCUT2D eigenvalue weighted by molar-refractivity contribution is 5.74. The molecule has 4 heterocycles. The predicted octanol–water partition coefficient (Wildman–Crippen LogP) is 0.494. The van der Waals surface area contributed by atoms with Crippen LogP contribution in [0.5, 0.6) is 0 Å². The lowest BCUT2D eigenvalue weighted by molar-refractivity contribution is 0.130. The summed E-state index contributed by atoms with van der Waals surface area (Å²) >= 11 is 0. The number of urea groups is 1. The van der Waals surface area contributed by atoms with Crippen LogP contribution in [0.2, 0.25) is 0 Å². The fourth-order valence-corrected chi connectivity index (χ4v) is 5.47. The number of nitrogens with zero attached hydrogens (tertiary/aromatic N) is 4. The average Bonchev–Trinajstić information content (AvgIpc) is 3.14. The van der Waals surface area contributed by atoms with Gasteiger partial charge in [0.15, 0.2) is 0 Å².